The molecule has 3 unspecified atom stereocenters. The predicted octanol–water partition coefficient (Wildman–Crippen LogP) is 5.20. The Morgan fingerprint density at radius 2 is 2.05 bits per heavy atom. The summed E-state index contributed by atoms with van der Waals surface area (Å²) < 4.78 is 4.88. The van der Waals surface area contributed by atoms with Crippen molar-refractivity contribution in [3.63, 3.8) is 0 Å². The molecule has 1 N–H and O–H groups in total. The number of alkyl halides is 1. The number of aliphatic hydroxyl groups is 1. The summed E-state index contributed by atoms with van der Waals surface area (Å²) >= 11 is 5.40. The van der Waals surface area contributed by atoms with Crippen LogP contribution in [0.1, 0.15) is 50.7 Å². The second-order valence-corrected chi connectivity index (χ2v) is 14.4. The van der Waals surface area contributed by atoms with Crippen LogP contribution in [0.25, 0.3) is 0 Å². The van der Waals surface area contributed by atoms with E-state index in [1.807, 2.05) is 45.9 Å². The molecule has 9 heteroatoms. The molecule has 1 aromatic rings. The van der Waals surface area contributed by atoms with Gasteiger partial charge in [0.15, 0.2) is 0 Å². The third-order valence-corrected chi connectivity index (χ3v) is 12.3. The number of aryl methyl sites for hydroxylation is 2. The number of rotatable bonds is 13. The third kappa shape index (κ3) is 5.54. The van der Waals surface area contributed by atoms with Crippen LogP contribution in [-0.4, -0.2) is 74.5 Å². The number of nitrogens with zero attached hydrogens (tertiary/aromatic N) is 2. The number of amides is 2. The largest absolute Gasteiger partial charge is 0.465 e. The molecule has 1 spiro atoms. The van der Waals surface area contributed by atoms with Gasteiger partial charge in [0.1, 0.15) is 6.04 Å². The highest BCUT2D eigenvalue weighted by Crippen LogP contribution is 2.68. The number of likely N-dealkylation sites (tertiary alicyclic amines) is 1. The number of carbonyl (C=O) groups excluding carboxylic acids is 3. The van der Waals surface area contributed by atoms with Crippen LogP contribution in [0.4, 0.5) is 5.69 Å². The fourth-order valence-corrected chi connectivity index (χ4v) is 10.5. The summed E-state index contributed by atoms with van der Waals surface area (Å²) in [5, 5.41) is 10.4. The Balaban J connectivity index is 1.82. The van der Waals surface area contributed by atoms with E-state index < -0.39 is 28.7 Å². The fraction of sp³-hybridized carbons (Fsp3) is 0.594. The van der Waals surface area contributed by atoms with Crippen molar-refractivity contribution in [2.75, 3.05) is 24.7 Å². The van der Waals surface area contributed by atoms with Gasteiger partial charge in [-0.05, 0) is 56.2 Å². The minimum Gasteiger partial charge on any atom is -0.465 e. The lowest BCUT2D eigenvalue weighted by atomic mass is 9.71. The van der Waals surface area contributed by atoms with Crippen LogP contribution in [0, 0.1) is 31.6 Å². The van der Waals surface area contributed by atoms with Crippen LogP contribution >= 0.6 is 27.7 Å². The van der Waals surface area contributed by atoms with E-state index in [1.54, 1.807) is 33.7 Å². The zero-order valence-corrected chi connectivity index (χ0v) is 27.0. The Morgan fingerprint density at radius 1 is 1.32 bits per heavy atom. The first-order chi connectivity index (χ1) is 19.6. The molecule has 224 valence electrons. The Labute approximate surface area is 256 Å². The number of carbonyl (C=O) groups is 3. The lowest BCUT2D eigenvalue weighted by Crippen LogP contribution is -2.59. The molecule has 3 fully saturated rings. The minimum atomic E-state index is -0.848. The average molecular weight is 648 g/mol. The molecule has 8 atom stereocenters. The molecule has 0 aromatic heterocycles. The predicted molar refractivity (Wildman–Crippen MR) is 168 cm³/mol. The fourth-order valence-electron chi connectivity index (χ4n) is 6.88. The van der Waals surface area contributed by atoms with Gasteiger partial charge in [-0.3, -0.25) is 14.4 Å². The Bertz CT molecular complexity index is 1190. The van der Waals surface area contributed by atoms with Gasteiger partial charge < -0.3 is 19.6 Å². The smallest absolute Gasteiger partial charge is 0.310 e. The van der Waals surface area contributed by atoms with Crippen molar-refractivity contribution >= 4 is 51.2 Å². The van der Waals surface area contributed by atoms with Crippen LogP contribution in [-0.2, 0) is 19.1 Å². The number of esters is 1. The lowest BCUT2D eigenvalue weighted by Gasteiger charge is -2.41. The number of hydrogen-bond acceptors (Lipinski definition) is 6. The van der Waals surface area contributed by atoms with Crippen molar-refractivity contribution in [2.24, 2.45) is 17.8 Å². The van der Waals surface area contributed by atoms with Gasteiger partial charge in [0, 0.05) is 22.3 Å². The van der Waals surface area contributed by atoms with Crippen molar-refractivity contribution in [1.82, 2.24) is 4.90 Å². The van der Waals surface area contributed by atoms with E-state index in [2.05, 4.69) is 29.1 Å². The standard InChI is InChI=1S/C32H43BrN2O5S/c1-7-10-11-15-40-31(39)25-26-29(37)35(24(18-36)20(5)9-3)28(32(26)17-22(33)27(25)41-32)30(38)34(14-8-2)23-16-19(4)12-13-21(23)6/h7-8,12-13,16,20,22,24-28,36H,1-2,9-11,14-15,17-18H2,3-6H3/t20-,22?,24-,25+,26-,27+,28?,32?/m0/s1. The van der Waals surface area contributed by atoms with E-state index in [-0.39, 0.29) is 53.5 Å². The molecule has 2 amide bonds. The van der Waals surface area contributed by atoms with E-state index in [4.69, 9.17) is 4.74 Å². The third-order valence-electron chi connectivity index (χ3n) is 9.11. The molecule has 2 bridgehead atoms. The van der Waals surface area contributed by atoms with Gasteiger partial charge in [0.05, 0.1) is 35.8 Å². The zero-order chi connectivity index (χ0) is 30.1. The number of unbranched alkanes of at least 4 members (excludes halogenated alkanes) is 1. The molecule has 3 aliphatic rings. The Morgan fingerprint density at radius 3 is 2.68 bits per heavy atom. The first kappa shape index (κ1) is 31.8. The summed E-state index contributed by atoms with van der Waals surface area (Å²) in [6.45, 7) is 15.9. The number of allylic oxidation sites excluding steroid dienone is 1. The lowest BCUT2D eigenvalue weighted by molar-refractivity contribution is -0.154. The maximum absolute atomic E-state index is 14.9. The van der Waals surface area contributed by atoms with Crippen molar-refractivity contribution in [3.8, 4) is 0 Å². The van der Waals surface area contributed by atoms with Gasteiger partial charge in [0.2, 0.25) is 5.91 Å². The van der Waals surface area contributed by atoms with Crippen LogP contribution in [0.3, 0.4) is 0 Å². The van der Waals surface area contributed by atoms with Crippen LogP contribution in [0.5, 0.6) is 0 Å². The number of anilines is 1. The number of ether oxygens (including phenoxy) is 1. The number of aliphatic hydroxyl groups excluding tert-OH is 1. The molecular formula is C32H43BrN2O5S. The summed E-state index contributed by atoms with van der Waals surface area (Å²) in [6, 6.07) is 4.59. The van der Waals surface area contributed by atoms with E-state index in [0.29, 0.717) is 12.8 Å². The van der Waals surface area contributed by atoms with Crippen LogP contribution < -0.4 is 4.90 Å². The molecular weight excluding hydrogens is 604 g/mol. The number of halogens is 1. The summed E-state index contributed by atoms with van der Waals surface area (Å²) in [4.78, 5) is 46.3. The molecule has 3 saturated heterocycles. The van der Waals surface area contributed by atoms with Crippen molar-refractivity contribution < 1.29 is 24.2 Å². The number of fused-ring (bicyclic) bond motifs is 1. The van der Waals surface area contributed by atoms with E-state index in [0.717, 1.165) is 29.7 Å². The van der Waals surface area contributed by atoms with Crippen LogP contribution in [0.2, 0.25) is 0 Å². The molecule has 0 saturated carbocycles. The maximum atomic E-state index is 14.9. The highest BCUT2D eigenvalue weighted by Gasteiger charge is 2.77. The average Bonchev–Trinajstić information content (AvgIpc) is 3.54. The first-order valence-electron chi connectivity index (χ1n) is 14.6. The van der Waals surface area contributed by atoms with E-state index in [9.17, 15) is 19.5 Å². The maximum Gasteiger partial charge on any atom is 0.310 e. The number of hydrogen-bond donors (Lipinski definition) is 1. The van der Waals surface area contributed by atoms with Crippen molar-refractivity contribution in [2.45, 2.75) is 80.3 Å². The molecule has 4 rings (SSSR count). The second kappa shape index (κ2) is 13.0. The number of benzene rings is 1. The van der Waals surface area contributed by atoms with Gasteiger partial charge >= 0.3 is 5.97 Å². The van der Waals surface area contributed by atoms with Gasteiger partial charge in [-0.1, -0.05) is 60.5 Å². The number of thioether (sulfide) groups is 1. The van der Waals surface area contributed by atoms with Gasteiger partial charge in [0.25, 0.3) is 5.91 Å². The van der Waals surface area contributed by atoms with Crippen molar-refractivity contribution in [1.29, 1.82) is 0 Å². The first-order valence-corrected chi connectivity index (χ1v) is 16.4. The summed E-state index contributed by atoms with van der Waals surface area (Å²) in [7, 11) is 0. The molecule has 0 radical (unpaired) electrons. The molecule has 1 aromatic carbocycles. The monoisotopic (exact) mass is 646 g/mol. The summed E-state index contributed by atoms with van der Waals surface area (Å²) in [6.07, 6.45) is 6.18. The molecule has 41 heavy (non-hydrogen) atoms. The zero-order valence-electron chi connectivity index (χ0n) is 24.6. The topological polar surface area (TPSA) is 87.2 Å². The van der Waals surface area contributed by atoms with Gasteiger partial charge in [-0.15, -0.1) is 24.9 Å². The second-order valence-electron chi connectivity index (χ2n) is 11.7. The highest BCUT2D eigenvalue weighted by atomic mass is 79.9. The SMILES string of the molecule is C=CCCCOC(=O)[C@H]1[C@@H]2SC3(CC2Br)C(C(=O)N(CC=C)c2cc(C)ccc2C)N([C@@H](CO)[C@@H](C)CC)C(=O)[C@H]13. The molecule has 0 aliphatic carbocycles. The Hall–Kier alpha value is -2.10. The van der Waals surface area contributed by atoms with E-state index >= 15 is 0 Å². The minimum absolute atomic E-state index is 0.0469. The Kier molecular flexibility index (Phi) is 10.1. The molecule has 3 aliphatic heterocycles. The van der Waals surface area contributed by atoms with E-state index in [1.165, 1.54) is 0 Å². The van der Waals surface area contributed by atoms with Crippen molar-refractivity contribution in [3.05, 3.63) is 54.6 Å². The van der Waals surface area contributed by atoms with Gasteiger partial charge in [-0.25, -0.2) is 0 Å². The molecule has 3 heterocycles. The summed E-state index contributed by atoms with van der Waals surface area (Å²) in [5.74, 6) is -2.23. The summed E-state index contributed by atoms with van der Waals surface area (Å²) in [5.41, 5.74) is 2.74. The normalized spacial score (nSPS) is 29.7. The highest BCUT2D eigenvalue weighted by molar-refractivity contribution is 9.09. The molecule has 7 nitrogen and oxygen atoms in total. The van der Waals surface area contributed by atoms with Gasteiger partial charge in [-0.2, -0.15) is 0 Å². The van der Waals surface area contributed by atoms with Crippen LogP contribution in [0.15, 0.2) is 43.5 Å². The quantitative estimate of drug-likeness (QED) is 0.137.